The van der Waals surface area contributed by atoms with Crippen LogP contribution in [0.25, 0.3) is 5.69 Å². The number of aromatic nitrogens is 2. The SMILES string of the molecule is Cc1cccc(N2C(=S)N[C@@H](c3ccccn3)[C@H]2c2cc(C)n(-c3ccccc3F)c2C)c1. The first-order valence-electron chi connectivity index (χ1n) is 11.0. The fourth-order valence-electron chi connectivity index (χ4n) is 4.82. The van der Waals surface area contributed by atoms with Crippen molar-refractivity contribution in [3.8, 4) is 5.69 Å². The monoisotopic (exact) mass is 456 g/mol. The average Bonchev–Trinajstić information content (AvgIpc) is 3.30. The van der Waals surface area contributed by atoms with Gasteiger partial charge in [-0.3, -0.25) is 4.98 Å². The van der Waals surface area contributed by atoms with Crippen LogP contribution in [0, 0.1) is 26.6 Å². The van der Waals surface area contributed by atoms with E-state index < -0.39 is 0 Å². The second kappa shape index (κ2) is 8.45. The van der Waals surface area contributed by atoms with Crippen molar-refractivity contribution in [2.24, 2.45) is 0 Å². The molecular formula is C27H25FN4S. The summed E-state index contributed by atoms with van der Waals surface area (Å²) in [6.07, 6.45) is 1.80. The van der Waals surface area contributed by atoms with E-state index in [-0.39, 0.29) is 17.9 Å². The van der Waals surface area contributed by atoms with Crippen LogP contribution in [0.15, 0.2) is 79.0 Å². The van der Waals surface area contributed by atoms with Gasteiger partial charge in [-0.2, -0.15) is 0 Å². The highest BCUT2D eigenvalue weighted by Crippen LogP contribution is 2.43. The minimum atomic E-state index is -0.247. The summed E-state index contributed by atoms with van der Waals surface area (Å²) >= 11 is 5.84. The molecule has 1 aliphatic rings. The Kier molecular flexibility index (Phi) is 5.46. The van der Waals surface area contributed by atoms with Crippen molar-refractivity contribution in [1.82, 2.24) is 14.9 Å². The third-order valence-corrected chi connectivity index (χ3v) is 6.57. The van der Waals surface area contributed by atoms with E-state index in [2.05, 4.69) is 46.4 Å². The van der Waals surface area contributed by atoms with Gasteiger partial charge in [-0.1, -0.05) is 30.3 Å². The van der Waals surface area contributed by atoms with Crippen molar-refractivity contribution in [3.05, 3.63) is 113 Å². The van der Waals surface area contributed by atoms with Crippen LogP contribution in [-0.4, -0.2) is 14.7 Å². The van der Waals surface area contributed by atoms with E-state index in [1.807, 2.05) is 54.8 Å². The number of nitrogens with zero attached hydrogens (tertiary/aromatic N) is 3. The highest BCUT2D eigenvalue weighted by Gasteiger charge is 2.42. The maximum absolute atomic E-state index is 14.7. The Morgan fingerprint density at radius 2 is 1.73 bits per heavy atom. The molecule has 0 saturated carbocycles. The lowest BCUT2D eigenvalue weighted by Gasteiger charge is -2.28. The highest BCUT2D eigenvalue weighted by molar-refractivity contribution is 7.80. The van der Waals surface area contributed by atoms with E-state index in [1.165, 1.54) is 6.07 Å². The van der Waals surface area contributed by atoms with Gasteiger partial charge in [0.05, 0.1) is 23.5 Å². The van der Waals surface area contributed by atoms with Gasteiger partial charge in [-0.25, -0.2) is 4.39 Å². The van der Waals surface area contributed by atoms with Crippen LogP contribution in [0.5, 0.6) is 0 Å². The highest BCUT2D eigenvalue weighted by atomic mass is 32.1. The summed E-state index contributed by atoms with van der Waals surface area (Å²) in [5, 5.41) is 4.16. The number of hydrogen-bond acceptors (Lipinski definition) is 2. The topological polar surface area (TPSA) is 33.1 Å². The lowest BCUT2D eigenvalue weighted by Crippen LogP contribution is -2.29. The first kappa shape index (κ1) is 21.3. The predicted molar refractivity (Wildman–Crippen MR) is 134 cm³/mol. The summed E-state index contributed by atoms with van der Waals surface area (Å²) in [5.41, 5.74) is 6.67. The molecule has 0 bridgehead atoms. The van der Waals surface area contributed by atoms with Gasteiger partial charge in [0, 0.05) is 23.3 Å². The van der Waals surface area contributed by atoms with Gasteiger partial charge in [-0.15, -0.1) is 0 Å². The summed E-state index contributed by atoms with van der Waals surface area (Å²) < 4.78 is 16.7. The average molecular weight is 457 g/mol. The van der Waals surface area contributed by atoms with E-state index in [1.54, 1.807) is 12.3 Å². The van der Waals surface area contributed by atoms with E-state index in [9.17, 15) is 4.39 Å². The molecule has 0 radical (unpaired) electrons. The summed E-state index contributed by atoms with van der Waals surface area (Å²) in [6, 6.07) is 23.0. The number of pyridine rings is 1. The lowest BCUT2D eigenvalue weighted by molar-refractivity contribution is 0.564. The lowest BCUT2D eigenvalue weighted by atomic mass is 9.96. The Hall–Kier alpha value is -3.51. The number of hydrogen-bond donors (Lipinski definition) is 1. The predicted octanol–water partition coefficient (Wildman–Crippen LogP) is 6.11. The number of nitrogens with one attached hydrogen (secondary N) is 1. The van der Waals surface area contributed by atoms with Gasteiger partial charge in [-0.05, 0) is 86.6 Å². The second-order valence-electron chi connectivity index (χ2n) is 8.45. The molecule has 2 aromatic heterocycles. The van der Waals surface area contributed by atoms with Crippen molar-refractivity contribution in [1.29, 1.82) is 0 Å². The molecule has 2 atom stereocenters. The van der Waals surface area contributed by atoms with Gasteiger partial charge < -0.3 is 14.8 Å². The minimum absolute atomic E-state index is 0.138. The van der Waals surface area contributed by atoms with E-state index in [4.69, 9.17) is 12.2 Å². The normalized spacial score (nSPS) is 17.9. The molecule has 2 aromatic carbocycles. The molecule has 1 saturated heterocycles. The maximum atomic E-state index is 14.7. The minimum Gasteiger partial charge on any atom is -0.351 e. The van der Waals surface area contributed by atoms with Gasteiger partial charge in [0.1, 0.15) is 5.82 Å². The number of rotatable bonds is 4. The quantitative estimate of drug-likeness (QED) is 0.376. The van der Waals surface area contributed by atoms with Crippen LogP contribution in [0.4, 0.5) is 10.1 Å². The second-order valence-corrected chi connectivity index (χ2v) is 8.84. The first-order valence-corrected chi connectivity index (χ1v) is 11.4. The Labute approximate surface area is 198 Å². The number of para-hydroxylation sites is 1. The van der Waals surface area contributed by atoms with E-state index >= 15 is 0 Å². The van der Waals surface area contributed by atoms with E-state index in [0.717, 1.165) is 33.9 Å². The number of aryl methyl sites for hydroxylation is 2. The Bertz CT molecular complexity index is 1330. The Balaban J connectivity index is 1.70. The number of halogens is 1. The van der Waals surface area contributed by atoms with Crippen molar-refractivity contribution in [2.75, 3.05) is 4.90 Å². The zero-order valence-corrected chi connectivity index (χ0v) is 19.6. The molecule has 4 nitrogen and oxygen atoms in total. The maximum Gasteiger partial charge on any atom is 0.174 e. The largest absolute Gasteiger partial charge is 0.351 e. The molecule has 0 spiro atoms. The summed E-state index contributed by atoms with van der Waals surface area (Å²) in [7, 11) is 0. The van der Waals surface area contributed by atoms with E-state index in [0.29, 0.717) is 10.8 Å². The molecule has 0 amide bonds. The van der Waals surface area contributed by atoms with Crippen molar-refractivity contribution < 1.29 is 4.39 Å². The smallest absolute Gasteiger partial charge is 0.174 e. The summed E-state index contributed by atoms with van der Waals surface area (Å²) in [5.74, 6) is -0.247. The molecule has 6 heteroatoms. The molecule has 33 heavy (non-hydrogen) atoms. The van der Waals surface area contributed by atoms with Crippen molar-refractivity contribution in [2.45, 2.75) is 32.9 Å². The zero-order chi connectivity index (χ0) is 23.1. The molecular weight excluding hydrogens is 431 g/mol. The third kappa shape index (κ3) is 3.70. The van der Waals surface area contributed by atoms with Crippen molar-refractivity contribution in [3.63, 3.8) is 0 Å². The van der Waals surface area contributed by atoms with Crippen LogP contribution < -0.4 is 10.2 Å². The fourth-order valence-corrected chi connectivity index (χ4v) is 5.16. The molecule has 1 N–H and O–H groups in total. The van der Waals surface area contributed by atoms with Gasteiger partial charge >= 0.3 is 0 Å². The van der Waals surface area contributed by atoms with Crippen LogP contribution in [0.3, 0.4) is 0 Å². The molecule has 3 heterocycles. The Morgan fingerprint density at radius 3 is 2.45 bits per heavy atom. The zero-order valence-electron chi connectivity index (χ0n) is 18.8. The molecule has 0 aliphatic carbocycles. The fraction of sp³-hybridized carbons (Fsp3) is 0.185. The van der Waals surface area contributed by atoms with Crippen LogP contribution >= 0.6 is 12.2 Å². The van der Waals surface area contributed by atoms with Crippen LogP contribution in [-0.2, 0) is 0 Å². The molecule has 1 fully saturated rings. The molecule has 166 valence electrons. The number of anilines is 1. The van der Waals surface area contributed by atoms with Gasteiger partial charge in [0.25, 0.3) is 0 Å². The summed E-state index contributed by atoms with van der Waals surface area (Å²) in [6.45, 7) is 6.13. The summed E-state index contributed by atoms with van der Waals surface area (Å²) in [4.78, 5) is 6.79. The Morgan fingerprint density at radius 1 is 0.939 bits per heavy atom. The molecule has 0 unspecified atom stereocenters. The molecule has 5 rings (SSSR count). The molecule has 1 aliphatic heterocycles. The van der Waals surface area contributed by atoms with Crippen LogP contribution in [0.2, 0.25) is 0 Å². The van der Waals surface area contributed by atoms with Gasteiger partial charge in [0.15, 0.2) is 5.11 Å². The third-order valence-electron chi connectivity index (χ3n) is 6.26. The van der Waals surface area contributed by atoms with Crippen LogP contribution in [0.1, 0.15) is 40.3 Å². The first-order chi connectivity index (χ1) is 16.0. The molecule has 4 aromatic rings. The van der Waals surface area contributed by atoms with Crippen molar-refractivity contribution >= 4 is 23.0 Å². The standard InChI is InChI=1S/C27H25FN4S/c1-17-9-8-10-20(15-17)32-26(25(30-27(32)33)23-12-6-7-14-29-23)21-16-18(2)31(19(21)3)24-13-5-4-11-22(24)28/h4-16,25-26H,1-3H3,(H,30,33)/t25-,26+/m0/s1. The van der Waals surface area contributed by atoms with Gasteiger partial charge in [0.2, 0.25) is 0 Å². The number of thiocarbonyl (C=S) groups is 1. The number of benzene rings is 2.